The number of carbonyl (C=O) groups is 2. The molecule has 1 unspecified atom stereocenters. The van der Waals surface area contributed by atoms with Crippen molar-refractivity contribution in [1.82, 2.24) is 4.90 Å². The van der Waals surface area contributed by atoms with Gasteiger partial charge in [0.2, 0.25) is 0 Å². The van der Waals surface area contributed by atoms with E-state index in [-0.39, 0.29) is 24.5 Å². The van der Waals surface area contributed by atoms with Gasteiger partial charge in [-0.05, 0) is 18.2 Å². The summed E-state index contributed by atoms with van der Waals surface area (Å²) in [6.07, 6.45) is 0. The highest BCUT2D eigenvalue weighted by Gasteiger charge is 2.46. The molecule has 1 N–H and O–H groups in total. The Balaban J connectivity index is 2.20. The predicted octanol–water partition coefficient (Wildman–Crippen LogP) is 3.53. The summed E-state index contributed by atoms with van der Waals surface area (Å²) in [5.74, 6) is -1.10. The number of nitrogens with zero attached hydrogens (tertiary/aromatic N) is 1. The van der Waals surface area contributed by atoms with Crippen LogP contribution in [0.25, 0.3) is 5.76 Å². The fourth-order valence-electron chi connectivity index (χ4n) is 3.28. The van der Waals surface area contributed by atoms with Gasteiger partial charge in [-0.3, -0.25) is 9.59 Å². The number of aliphatic hydroxyl groups excluding tert-OH is 1. The molecule has 0 aromatic heterocycles. The maximum absolute atomic E-state index is 12.8. The monoisotopic (exact) mass is 445 g/mol. The second-order valence-corrected chi connectivity index (χ2v) is 7.15. The van der Waals surface area contributed by atoms with Crippen LogP contribution in [0.3, 0.4) is 0 Å². The number of para-hydroxylation sites is 1. The highest BCUT2D eigenvalue weighted by atomic mass is 79.9. The van der Waals surface area contributed by atoms with E-state index in [2.05, 4.69) is 15.9 Å². The maximum Gasteiger partial charge on any atom is 0.295 e. The molecule has 1 heterocycles. The van der Waals surface area contributed by atoms with Gasteiger partial charge in [0.05, 0.1) is 25.3 Å². The van der Waals surface area contributed by atoms with Crippen molar-refractivity contribution in [2.75, 3.05) is 27.4 Å². The van der Waals surface area contributed by atoms with Gasteiger partial charge >= 0.3 is 0 Å². The number of Topliss-reactive ketones (excluding diaryl/α,β-unsaturated/α-hetero) is 1. The molecule has 2 aromatic rings. The third kappa shape index (κ3) is 3.68. The van der Waals surface area contributed by atoms with Crippen molar-refractivity contribution < 1.29 is 24.2 Å². The fourth-order valence-corrected chi connectivity index (χ4v) is 3.54. The number of halogens is 1. The first-order chi connectivity index (χ1) is 13.5. The maximum atomic E-state index is 12.8. The van der Waals surface area contributed by atoms with E-state index >= 15 is 0 Å². The molecule has 1 fully saturated rings. The highest BCUT2D eigenvalue weighted by Crippen LogP contribution is 2.42. The van der Waals surface area contributed by atoms with E-state index in [0.29, 0.717) is 16.9 Å². The average Bonchev–Trinajstić information content (AvgIpc) is 2.96. The third-order valence-corrected chi connectivity index (χ3v) is 5.16. The number of rotatable bonds is 6. The molecule has 0 saturated carbocycles. The lowest BCUT2D eigenvalue weighted by Gasteiger charge is -2.26. The minimum absolute atomic E-state index is 0.0351. The minimum atomic E-state index is -0.769. The number of amides is 1. The molecule has 1 aliphatic heterocycles. The summed E-state index contributed by atoms with van der Waals surface area (Å²) in [5, 5.41) is 10.9. The SMILES string of the molecule is COCCN1C(=O)C(=O)/C(=C(\O)c2ccc(Br)cc2)C1c1ccccc1OC. The van der Waals surface area contributed by atoms with Gasteiger partial charge in [0.15, 0.2) is 0 Å². The van der Waals surface area contributed by atoms with Crippen LogP contribution in [0.15, 0.2) is 58.6 Å². The van der Waals surface area contributed by atoms with Crippen molar-refractivity contribution in [3.63, 3.8) is 0 Å². The molecule has 146 valence electrons. The Hall–Kier alpha value is -2.64. The van der Waals surface area contributed by atoms with Crippen LogP contribution < -0.4 is 4.74 Å². The van der Waals surface area contributed by atoms with Crippen molar-refractivity contribution in [2.45, 2.75) is 6.04 Å². The number of benzene rings is 2. The molecule has 3 rings (SSSR count). The van der Waals surface area contributed by atoms with Crippen molar-refractivity contribution in [3.8, 4) is 5.75 Å². The summed E-state index contributed by atoms with van der Waals surface area (Å²) in [6, 6.07) is 13.3. The van der Waals surface area contributed by atoms with Crippen LogP contribution in [0.5, 0.6) is 5.75 Å². The summed E-state index contributed by atoms with van der Waals surface area (Å²) in [7, 11) is 3.05. The van der Waals surface area contributed by atoms with Crippen molar-refractivity contribution in [1.29, 1.82) is 0 Å². The summed E-state index contributed by atoms with van der Waals surface area (Å²) in [4.78, 5) is 27.0. The first-order valence-electron chi connectivity index (χ1n) is 8.65. The van der Waals surface area contributed by atoms with Crippen LogP contribution >= 0.6 is 15.9 Å². The number of ketones is 1. The number of aliphatic hydroxyl groups is 1. The summed E-state index contributed by atoms with van der Waals surface area (Å²) in [5.41, 5.74) is 1.11. The molecular formula is C21H20BrNO5. The Labute approximate surface area is 171 Å². The van der Waals surface area contributed by atoms with Gasteiger partial charge in [0, 0.05) is 29.3 Å². The van der Waals surface area contributed by atoms with Crippen LogP contribution in [0, 0.1) is 0 Å². The number of hydrogen-bond donors (Lipinski definition) is 1. The Kier molecular flexibility index (Phi) is 6.16. The van der Waals surface area contributed by atoms with E-state index in [4.69, 9.17) is 9.47 Å². The first kappa shape index (κ1) is 20.1. The number of carbonyl (C=O) groups excluding carboxylic acids is 2. The van der Waals surface area contributed by atoms with E-state index in [0.717, 1.165) is 4.47 Å². The normalized spacial score (nSPS) is 18.5. The van der Waals surface area contributed by atoms with E-state index in [1.165, 1.54) is 19.1 Å². The van der Waals surface area contributed by atoms with Crippen molar-refractivity contribution in [2.24, 2.45) is 0 Å². The molecule has 6 nitrogen and oxygen atoms in total. The summed E-state index contributed by atoms with van der Waals surface area (Å²) >= 11 is 3.35. The molecular weight excluding hydrogens is 426 g/mol. The lowest BCUT2D eigenvalue weighted by molar-refractivity contribution is -0.140. The second-order valence-electron chi connectivity index (χ2n) is 6.23. The van der Waals surface area contributed by atoms with E-state index in [1.54, 1.807) is 48.5 Å². The summed E-state index contributed by atoms with van der Waals surface area (Å²) in [6.45, 7) is 0.470. The number of methoxy groups -OCH3 is 2. The van der Waals surface area contributed by atoms with Crippen LogP contribution in [-0.2, 0) is 14.3 Å². The fraction of sp³-hybridized carbons (Fsp3) is 0.238. The highest BCUT2D eigenvalue weighted by molar-refractivity contribution is 9.10. The lowest BCUT2D eigenvalue weighted by atomic mass is 9.94. The van der Waals surface area contributed by atoms with Crippen LogP contribution in [0.2, 0.25) is 0 Å². The van der Waals surface area contributed by atoms with Crippen LogP contribution in [-0.4, -0.2) is 49.1 Å². The van der Waals surface area contributed by atoms with Gasteiger partial charge in [-0.2, -0.15) is 0 Å². The molecule has 0 radical (unpaired) electrons. The molecule has 7 heteroatoms. The molecule has 0 aliphatic carbocycles. The number of likely N-dealkylation sites (tertiary alicyclic amines) is 1. The van der Waals surface area contributed by atoms with Crippen LogP contribution in [0.1, 0.15) is 17.2 Å². The standard InChI is InChI=1S/C21H20BrNO5/c1-27-12-11-23-18(15-5-3-4-6-16(15)28-2)17(20(25)21(23)26)19(24)13-7-9-14(22)10-8-13/h3-10,18,24H,11-12H2,1-2H3/b19-17-. The van der Waals surface area contributed by atoms with Gasteiger partial charge in [0.25, 0.3) is 11.7 Å². The molecule has 0 spiro atoms. The zero-order valence-corrected chi connectivity index (χ0v) is 17.1. The van der Waals surface area contributed by atoms with Gasteiger partial charge in [0.1, 0.15) is 11.5 Å². The zero-order chi connectivity index (χ0) is 20.3. The van der Waals surface area contributed by atoms with Gasteiger partial charge in [-0.25, -0.2) is 0 Å². The number of hydrogen-bond acceptors (Lipinski definition) is 5. The molecule has 1 aliphatic rings. The van der Waals surface area contributed by atoms with E-state index in [9.17, 15) is 14.7 Å². The minimum Gasteiger partial charge on any atom is -0.507 e. The molecule has 0 bridgehead atoms. The van der Waals surface area contributed by atoms with Gasteiger partial charge in [-0.15, -0.1) is 0 Å². The van der Waals surface area contributed by atoms with Crippen LogP contribution in [0.4, 0.5) is 0 Å². The quantitative estimate of drug-likeness (QED) is 0.418. The smallest absolute Gasteiger partial charge is 0.295 e. The van der Waals surface area contributed by atoms with E-state index < -0.39 is 17.7 Å². The summed E-state index contributed by atoms with van der Waals surface area (Å²) < 4.78 is 11.4. The Bertz CT molecular complexity index is 923. The van der Waals surface area contributed by atoms with Crippen molar-refractivity contribution in [3.05, 3.63) is 69.7 Å². The topological polar surface area (TPSA) is 76.1 Å². The molecule has 1 atom stereocenters. The van der Waals surface area contributed by atoms with Crippen molar-refractivity contribution >= 4 is 33.4 Å². The third-order valence-electron chi connectivity index (χ3n) is 4.63. The Morgan fingerprint density at radius 2 is 1.79 bits per heavy atom. The largest absolute Gasteiger partial charge is 0.507 e. The van der Waals surface area contributed by atoms with Gasteiger partial charge < -0.3 is 19.5 Å². The average molecular weight is 446 g/mol. The number of ether oxygens (including phenoxy) is 2. The Morgan fingerprint density at radius 3 is 2.43 bits per heavy atom. The van der Waals surface area contributed by atoms with E-state index in [1.807, 2.05) is 0 Å². The Morgan fingerprint density at radius 1 is 1.11 bits per heavy atom. The first-order valence-corrected chi connectivity index (χ1v) is 9.45. The molecule has 1 saturated heterocycles. The molecule has 28 heavy (non-hydrogen) atoms. The zero-order valence-electron chi connectivity index (χ0n) is 15.5. The molecule has 2 aromatic carbocycles. The predicted molar refractivity (Wildman–Crippen MR) is 108 cm³/mol. The molecule has 1 amide bonds. The lowest BCUT2D eigenvalue weighted by Crippen LogP contribution is -2.32. The second kappa shape index (κ2) is 8.58. The van der Waals surface area contributed by atoms with Gasteiger partial charge in [-0.1, -0.05) is 46.3 Å².